The van der Waals surface area contributed by atoms with Crippen LogP contribution in [0.2, 0.25) is 5.02 Å². The Morgan fingerprint density at radius 2 is 1.77 bits per heavy atom. The van der Waals surface area contributed by atoms with Gasteiger partial charge in [-0.3, -0.25) is 0 Å². The van der Waals surface area contributed by atoms with Crippen LogP contribution in [0.5, 0.6) is 11.5 Å². The Balaban J connectivity index is 1.73. The van der Waals surface area contributed by atoms with Gasteiger partial charge in [-0.1, -0.05) is 59.0 Å². The lowest BCUT2D eigenvalue weighted by molar-refractivity contribution is 0.137. The number of benzene rings is 2. The van der Waals surface area contributed by atoms with Crippen LogP contribution in [-0.2, 0) is 11.3 Å². The molecule has 2 aromatic carbocycles. The number of hydrogen-bond acceptors (Lipinski definition) is 4. The van der Waals surface area contributed by atoms with Gasteiger partial charge in [-0.15, -0.1) is 0 Å². The van der Waals surface area contributed by atoms with Crippen molar-refractivity contribution in [1.29, 1.82) is 0 Å². The van der Waals surface area contributed by atoms with Crippen molar-refractivity contribution in [3.63, 3.8) is 0 Å². The van der Waals surface area contributed by atoms with E-state index in [1.807, 2.05) is 43.3 Å². The lowest BCUT2D eigenvalue weighted by Gasteiger charge is -2.15. The first-order chi connectivity index (χ1) is 14.5. The maximum Gasteiger partial charge on any atom is 0.125 e. The molecule has 0 spiro atoms. The number of nitrogens with zero attached hydrogens (tertiary/aromatic N) is 1. The van der Waals surface area contributed by atoms with Gasteiger partial charge >= 0.3 is 0 Å². The molecule has 0 fully saturated rings. The zero-order chi connectivity index (χ0) is 21.8. The third-order valence-corrected chi connectivity index (χ3v) is 4.78. The highest BCUT2D eigenvalue weighted by Crippen LogP contribution is 2.30. The number of oxime groups is 1. The average molecular weight is 471 g/mol. The summed E-state index contributed by atoms with van der Waals surface area (Å²) in [5, 5.41) is 4.67. The van der Waals surface area contributed by atoms with Crippen molar-refractivity contribution in [2.24, 2.45) is 5.16 Å². The number of rotatable bonds is 12. The van der Waals surface area contributed by atoms with E-state index < -0.39 is 0 Å². The summed E-state index contributed by atoms with van der Waals surface area (Å²) < 4.78 is 11.9. The molecule has 0 aliphatic rings. The van der Waals surface area contributed by atoms with E-state index in [1.165, 1.54) is 0 Å². The van der Waals surface area contributed by atoms with Crippen LogP contribution in [0.3, 0.4) is 0 Å². The standard InChI is InChI=1S/C23H26Cl3NO3/c1-3-19-15-21(28-13-10-22(25)26)14-17(2)23(19)29-11-4-5-12-30-27-16-18-6-8-20(24)9-7-18/h6-10,14-16H,3-5,11-13H2,1-2H3. The summed E-state index contributed by atoms with van der Waals surface area (Å²) in [4.78, 5) is 5.30. The van der Waals surface area contributed by atoms with Gasteiger partial charge in [0.1, 0.15) is 29.2 Å². The first-order valence-corrected chi connectivity index (χ1v) is 10.9. The van der Waals surface area contributed by atoms with E-state index in [2.05, 4.69) is 12.1 Å². The van der Waals surface area contributed by atoms with Crippen LogP contribution >= 0.6 is 34.8 Å². The molecule has 0 radical (unpaired) electrons. The summed E-state index contributed by atoms with van der Waals surface area (Å²) in [6.07, 6.45) is 5.85. The maximum absolute atomic E-state index is 6.03. The average Bonchev–Trinajstić information content (AvgIpc) is 2.72. The topological polar surface area (TPSA) is 40.0 Å². The molecule has 0 N–H and O–H groups in total. The molecule has 0 aliphatic carbocycles. The molecule has 0 saturated heterocycles. The fraction of sp³-hybridized carbons (Fsp3) is 0.348. The summed E-state index contributed by atoms with van der Waals surface area (Å²) in [5.41, 5.74) is 3.09. The Kier molecular flexibility index (Phi) is 10.9. The minimum Gasteiger partial charge on any atom is -0.493 e. The van der Waals surface area contributed by atoms with Crippen LogP contribution in [0.1, 0.15) is 36.5 Å². The Morgan fingerprint density at radius 3 is 2.47 bits per heavy atom. The van der Waals surface area contributed by atoms with Crippen LogP contribution in [-0.4, -0.2) is 26.0 Å². The summed E-state index contributed by atoms with van der Waals surface area (Å²) in [6.45, 7) is 5.58. The van der Waals surface area contributed by atoms with Crippen molar-refractivity contribution in [3.05, 3.63) is 68.7 Å². The zero-order valence-electron chi connectivity index (χ0n) is 17.2. The smallest absolute Gasteiger partial charge is 0.125 e. The summed E-state index contributed by atoms with van der Waals surface area (Å²) >= 11 is 17.1. The fourth-order valence-electron chi connectivity index (χ4n) is 2.71. The third-order valence-electron chi connectivity index (χ3n) is 4.22. The molecule has 0 unspecified atom stereocenters. The lowest BCUT2D eigenvalue weighted by atomic mass is 10.1. The van der Waals surface area contributed by atoms with Crippen molar-refractivity contribution < 1.29 is 14.3 Å². The molecule has 0 amide bonds. The molecule has 0 aliphatic heterocycles. The van der Waals surface area contributed by atoms with E-state index in [9.17, 15) is 0 Å². The SMILES string of the molecule is CCc1cc(OCC=C(Cl)Cl)cc(C)c1OCCCCON=Cc1ccc(Cl)cc1. The van der Waals surface area contributed by atoms with Crippen LogP contribution in [0, 0.1) is 6.92 Å². The molecule has 2 aromatic rings. The van der Waals surface area contributed by atoms with Gasteiger partial charge in [0, 0.05) is 5.02 Å². The van der Waals surface area contributed by atoms with Gasteiger partial charge in [-0.2, -0.15) is 0 Å². The van der Waals surface area contributed by atoms with Crippen molar-refractivity contribution >= 4 is 41.0 Å². The van der Waals surface area contributed by atoms with Gasteiger partial charge in [0.05, 0.1) is 12.8 Å². The summed E-state index contributed by atoms with van der Waals surface area (Å²) in [7, 11) is 0. The predicted octanol–water partition coefficient (Wildman–Crippen LogP) is 7.12. The Morgan fingerprint density at radius 1 is 1.03 bits per heavy atom. The van der Waals surface area contributed by atoms with Gasteiger partial charge < -0.3 is 14.3 Å². The second kappa shape index (κ2) is 13.4. The molecule has 4 nitrogen and oxygen atoms in total. The zero-order valence-corrected chi connectivity index (χ0v) is 19.4. The minimum absolute atomic E-state index is 0.196. The summed E-state index contributed by atoms with van der Waals surface area (Å²) in [6, 6.07) is 11.4. The van der Waals surface area contributed by atoms with Crippen molar-refractivity contribution in [2.75, 3.05) is 19.8 Å². The number of halogens is 3. The molecule has 0 aromatic heterocycles. The molecular formula is C23H26Cl3NO3. The third kappa shape index (κ3) is 8.86. The van der Waals surface area contributed by atoms with Crippen molar-refractivity contribution in [3.8, 4) is 11.5 Å². The highest BCUT2D eigenvalue weighted by Gasteiger charge is 2.09. The first kappa shape index (κ1) is 24.4. The fourth-order valence-corrected chi connectivity index (χ4v) is 2.96. The number of hydrogen-bond donors (Lipinski definition) is 0. The maximum atomic E-state index is 6.03. The Labute approximate surface area is 193 Å². The molecule has 0 saturated carbocycles. The van der Waals surface area contributed by atoms with Gasteiger partial charge in [-0.05, 0) is 73.2 Å². The van der Waals surface area contributed by atoms with E-state index in [0.717, 1.165) is 47.5 Å². The molecule has 162 valence electrons. The largest absolute Gasteiger partial charge is 0.493 e. The number of unbranched alkanes of at least 4 members (excludes halogenated alkanes) is 1. The molecule has 0 bridgehead atoms. The van der Waals surface area contributed by atoms with Crippen LogP contribution in [0.4, 0.5) is 0 Å². The van der Waals surface area contributed by atoms with Crippen molar-refractivity contribution in [1.82, 2.24) is 0 Å². The molecular weight excluding hydrogens is 445 g/mol. The predicted molar refractivity (Wildman–Crippen MR) is 126 cm³/mol. The molecule has 7 heteroatoms. The second-order valence-corrected chi connectivity index (χ2v) is 8.01. The van der Waals surface area contributed by atoms with Gasteiger partial charge in [0.15, 0.2) is 0 Å². The highest BCUT2D eigenvalue weighted by molar-refractivity contribution is 6.55. The Hall–Kier alpha value is -1.88. The second-order valence-electron chi connectivity index (χ2n) is 6.56. The summed E-state index contributed by atoms with van der Waals surface area (Å²) in [5.74, 6) is 1.69. The van der Waals surface area contributed by atoms with Crippen molar-refractivity contribution in [2.45, 2.75) is 33.1 Å². The van der Waals surface area contributed by atoms with Crippen LogP contribution in [0.15, 0.2) is 52.1 Å². The highest BCUT2D eigenvalue weighted by atomic mass is 35.5. The van der Waals surface area contributed by atoms with Gasteiger partial charge in [0.25, 0.3) is 0 Å². The molecule has 30 heavy (non-hydrogen) atoms. The van der Waals surface area contributed by atoms with E-state index >= 15 is 0 Å². The van der Waals surface area contributed by atoms with Gasteiger partial charge in [0.2, 0.25) is 0 Å². The lowest BCUT2D eigenvalue weighted by Crippen LogP contribution is -2.04. The normalized spacial score (nSPS) is 10.8. The monoisotopic (exact) mass is 469 g/mol. The van der Waals surface area contributed by atoms with Gasteiger partial charge in [-0.25, -0.2) is 0 Å². The van der Waals surface area contributed by atoms with E-state index in [4.69, 9.17) is 49.1 Å². The quantitative estimate of drug-likeness (QED) is 0.188. The molecule has 0 atom stereocenters. The van der Waals surface area contributed by atoms with E-state index in [0.29, 0.717) is 24.8 Å². The van der Waals surface area contributed by atoms with Crippen LogP contribution in [0.25, 0.3) is 0 Å². The first-order valence-electron chi connectivity index (χ1n) is 9.80. The number of aryl methyl sites for hydroxylation is 2. The van der Waals surface area contributed by atoms with E-state index in [1.54, 1.807) is 12.3 Å². The molecule has 0 heterocycles. The minimum atomic E-state index is 0.196. The molecule has 2 rings (SSSR count). The Bertz CT molecular complexity index is 848. The van der Waals surface area contributed by atoms with Crippen LogP contribution < -0.4 is 9.47 Å². The number of ether oxygens (including phenoxy) is 2. The van der Waals surface area contributed by atoms with E-state index in [-0.39, 0.29) is 4.49 Å².